The molecule has 1 aliphatic carbocycles. The number of rotatable bonds is 3. The minimum Gasteiger partial charge on any atom is -0.348 e. The molecule has 2 fully saturated rings. The standard InChI is InChI=1S/C17H28N4O2/c1-12(2)15-19-16-14(4-3-9-21(16)20-15)18-13-5-7-17(8-6-13)22-10-11-23-17/h12-14,18H,3-11H2,1-2H3. The fourth-order valence-electron chi connectivity index (χ4n) is 4.07. The van der Waals surface area contributed by atoms with Crippen LogP contribution in [0.1, 0.15) is 76.0 Å². The van der Waals surface area contributed by atoms with Gasteiger partial charge in [-0.05, 0) is 25.7 Å². The molecule has 4 rings (SSSR count). The van der Waals surface area contributed by atoms with Crippen LogP contribution in [0, 0.1) is 0 Å². The van der Waals surface area contributed by atoms with Gasteiger partial charge in [0, 0.05) is 31.3 Å². The summed E-state index contributed by atoms with van der Waals surface area (Å²) in [7, 11) is 0. The van der Waals surface area contributed by atoms with E-state index in [0.29, 0.717) is 18.0 Å². The Morgan fingerprint density at radius 3 is 2.61 bits per heavy atom. The summed E-state index contributed by atoms with van der Waals surface area (Å²) in [6.07, 6.45) is 6.56. The molecule has 1 aromatic rings. The van der Waals surface area contributed by atoms with E-state index in [1.54, 1.807) is 0 Å². The number of nitrogens with one attached hydrogen (secondary N) is 1. The van der Waals surface area contributed by atoms with E-state index >= 15 is 0 Å². The Labute approximate surface area is 137 Å². The summed E-state index contributed by atoms with van der Waals surface area (Å²) in [6.45, 7) is 6.82. The molecule has 0 bridgehead atoms. The maximum atomic E-state index is 5.83. The Hall–Kier alpha value is -0.980. The van der Waals surface area contributed by atoms with Gasteiger partial charge in [-0.3, -0.25) is 0 Å². The SMILES string of the molecule is CC(C)c1nc2n(n1)CCCC2NC1CCC2(CC1)OCCO2. The summed E-state index contributed by atoms with van der Waals surface area (Å²) < 4.78 is 13.8. The minimum absolute atomic E-state index is 0.268. The molecule has 6 nitrogen and oxygen atoms in total. The highest BCUT2D eigenvalue weighted by atomic mass is 16.7. The zero-order chi connectivity index (χ0) is 15.9. The van der Waals surface area contributed by atoms with Gasteiger partial charge in [0.1, 0.15) is 5.82 Å². The maximum Gasteiger partial charge on any atom is 0.168 e. The number of hydrogen-bond acceptors (Lipinski definition) is 5. The van der Waals surface area contributed by atoms with Crippen molar-refractivity contribution in [3.8, 4) is 0 Å². The Bertz CT molecular complexity index is 541. The van der Waals surface area contributed by atoms with Crippen molar-refractivity contribution in [1.29, 1.82) is 0 Å². The number of ether oxygens (including phenoxy) is 2. The van der Waals surface area contributed by atoms with Crippen molar-refractivity contribution in [3.05, 3.63) is 11.6 Å². The van der Waals surface area contributed by atoms with Crippen LogP contribution in [0.5, 0.6) is 0 Å². The second-order valence-corrected chi connectivity index (χ2v) is 7.45. The predicted molar refractivity (Wildman–Crippen MR) is 86.1 cm³/mol. The fraction of sp³-hybridized carbons (Fsp3) is 0.882. The van der Waals surface area contributed by atoms with Crippen molar-refractivity contribution < 1.29 is 9.47 Å². The number of aromatic nitrogens is 3. The van der Waals surface area contributed by atoms with E-state index in [1.807, 2.05) is 0 Å². The summed E-state index contributed by atoms with van der Waals surface area (Å²) in [6, 6.07) is 0.873. The van der Waals surface area contributed by atoms with E-state index in [-0.39, 0.29) is 5.79 Å². The van der Waals surface area contributed by atoms with Crippen LogP contribution < -0.4 is 5.32 Å². The monoisotopic (exact) mass is 320 g/mol. The van der Waals surface area contributed by atoms with E-state index in [9.17, 15) is 0 Å². The summed E-state index contributed by atoms with van der Waals surface area (Å²) >= 11 is 0. The summed E-state index contributed by atoms with van der Waals surface area (Å²) in [4.78, 5) is 4.81. The topological polar surface area (TPSA) is 61.2 Å². The van der Waals surface area contributed by atoms with Gasteiger partial charge in [-0.2, -0.15) is 5.10 Å². The largest absolute Gasteiger partial charge is 0.348 e. The van der Waals surface area contributed by atoms with Crippen molar-refractivity contribution in [3.63, 3.8) is 0 Å². The molecule has 1 spiro atoms. The van der Waals surface area contributed by atoms with Crippen LogP contribution in [0.2, 0.25) is 0 Å². The van der Waals surface area contributed by atoms with Gasteiger partial charge in [0.15, 0.2) is 11.6 Å². The lowest BCUT2D eigenvalue weighted by molar-refractivity contribution is -0.179. The van der Waals surface area contributed by atoms with Gasteiger partial charge in [0.05, 0.1) is 19.3 Å². The van der Waals surface area contributed by atoms with Crippen LogP contribution in [-0.4, -0.2) is 39.8 Å². The van der Waals surface area contributed by atoms with Crippen LogP contribution in [0.4, 0.5) is 0 Å². The zero-order valence-electron chi connectivity index (χ0n) is 14.3. The molecule has 3 heterocycles. The van der Waals surface area contributed by atoms with Crippen LogP contribution in [0.15, 0.2) is 0 Å². The minimum atomic E-state index is -0.268. The van der Waals surface area contributed by atoms with Gasteiger partial charge < -0.3 is 14.8 Å². The molecule has 1 atom stereocenters. The molecule has 0 amide bonds. The molecule has 0 radical (unpaired) electrons. The van der Waals surface area contributed by atoms with Gasteiger partial charge in [-0.25, -0.2) is 9.67 Å². The molecule has 2 aliphatic heterocycles. The van der Waals surface area contributed by atoms with Gasteiger partial charge >= 0.3 is 0 Å². The molecule has 128 valence electrons. The first-order valence-corrected chi connectivity index (χ1v) is 9.14. The van der Waals surface area contributed by atoms with Crippen LogP contribution in [-0.2, 0) is 16.0 Å². The van der Waals surface area contributed by atoms with Gasteiger partial charge in [0.25, 0.3) is 0 Å². The highest BCUT2D eigenvalue weighted by Crippen LogP contribution is 2.37. The van der Waals surface area contributed by atoms with Crippen LogP contribution in [0.25, 0.3) is 0 Å². The number of aryl methyl sites for hydroxylation is 1. The quantitative estimate of drug-likeness (QED) is 0.927. The fourth-order valence-corrected chi connectivity index (χ4v) is 4.07. The van der Waals surface area contributed by atoms with Crippen LogP contribution in [0.3, 0.4) is 0 Å². The zero-order valence-corrected chi connectivity index (χ0v) is 14.3. The summed E-state index contributed by atoms with van der Waals surface area (Å²) in [5.41, 5.74) is 0. The normalized spacial score (nSPS) is 27.7. The average molecular weight is 320 g/mol. The Morgan fingerprint density at radius 1 is 1.17 bits per heavy atom. The molecule has 1 unspecified atom stereocenters. The molecule has 6 heteroatoms. The highest BCUT2D eigenvalue weighted by molar-refractivity contribution is 5.05. The molecule has 3 aliphatic rings. The Balaban J connectivity index is 1.40. The summed E-state index contributed by atoms with van der Waals surface area (Å²) in [5.74, 6) is 2.23. The third-order valence-corrected chi connectivity index (χ3v) is 5.41. The molecule has 1 aromatic heterocycles. The Morgan fingerprint density at radius 2 is 1.91 bits per heavy atom. The lowest BCUT2D eigenvalue weighted by Gasteiger charge is -2.37. The lowest BCUT2D eigenvalue weighted by atomic mass is 9.89. The first-order valence-electron chi connectivity index (χ1n) is 9.14. The predicted octanol–water partition coefficient (Wildman–Crippen LogP) is 2.51. The molecule has 1 saturated heterocycles. The van der Waals surface area contributed by atoms with Crippen molar-refractivity contribution in [1.82, 2.24) is 20.1 Å². The van der Waals surface area contributed by atoms with Crippen molar-refractivity contribution in [2.24, 2.45) is 0 Å². The van der Waals surface area contributed by atoms with Crippen LogP contribution >= 0.6 is 0 Å². The van der Waals surface area contributed by atoms with E-state index in [0.717, 1.165) is 63.5 Å². The van der Waals surface area contributed by atoms with E-state index in [4.69, 9.17) is 14.5 Å². The summed E-state index contributed by atoms with van der Waals surface area (Å²) in [5, 5.41) is 8.52. The number of hydrogen-bond donors (Lipinski definition) is 1. The van der Waals surface area contributed by atoms with Gasteiger partial charge in [-0.1, -0.05) is 13.8 Å². The highest BCUT2D eigenvalue weighted by Gasteiger charge is 2.41. The van der Waals surface area contributed by atoms with Crippen molar-refractivity contribution >= 4 is 0 Å². The molecule has 0 aromatic carbocycles. The van der Waals surface area contributed by atoms with E-state index < -0.39 is 0 Å². The van der Waals surface area contributed by atoms with E-state index in [2.05, 4.69) is 28.9 Å². The van der Waals surface area contributed by atoms with Crippen molar-refractivity contribution in [2.45, 2.75) is 82.7 Å². The first-order chi connectivity index (χ1) is 11.2. The third kappa shape index (κ3) is 3.04. The second-order valence-electron chi connectivity index (χ2n) is 7.45. The van der Waals surface area contributed by atoms with Crippen molar-refractivity contribution in [2.75, 3.05) is 13.2 Å². The molecular weight excluding hydrogens is 292 g/mol. The first kappa shape index (κ1) is 15.5. The maximum absolute atomic E-state index is 5.83. The van der Waals surface area contributed by atoms with Gasteiger partial charge in [0.2, 0.25) is 0 Å². The smallest absolute Gasteiger partial charge is 0.168 e. The number of fused-ring (bicyclic) bond motifs is 1. The molecule has 1 N–H and O–H groups in total. The lowest BCUT2D eigenvalue weighted by Crippen LogP contribution is -2.44. The van der Waals surface area contributed by atoms with Gasteiger partial charge in [-0.15, -0.1) is 0 Å². The molecule has 1 saturated carbocycles. The Kier molecular flexibility index (Phi) is 4.15. The average Bonchev–Trinajstić information content (AvgIpc) is 3.18. The second kappa shape index (κ2) is 6.15. The molecule has 23 heavy (non-hydrogen) atoms. The third-order valence-electron chi connectivity index (χ3n) is 5.41. The molecular formula is C17H28N4O2. The van der Waals surface area contributed by atoms with E-state index in [1.165, 1.54) is 6.42 Å². The number of nitrogens with zero attached hydrogens (tertiary/aromatic N) is 3.